The first-order valence-corrected chi connectivity index (χ1v) is 8.56. The third-order valence-corrected chi connectivity index (χ3v) is 3.82. The maximum atomic E-state index is 5.94. The number of nitrogens with one attached hydrogen (secondary N) is 1. The average Bonchev–Trinajstić information content (AvgIpc) is 2.64. The van der Waals surface area contributed by atoms with Crippen LogP contribution in [0, 0.1) is 0 Å². The van der Waals surface area contributed by atoms with Gasteiger partial charge in [-0.1, -0.05) is 23.7 Å². The molecule has 0 heterocycles. The maximum Gasteiger partial charge on any atom is 0.189 e. The fourth-order valence-corrected chi connectivity index (χ4v) is 2.45. The highest BCUT2D eigenvalue weighted by molar-refractivity contribution is 6.30. The van der Waals surface area contributed by atoms with E-state index in [0.29, 0.717) is 41.3 Å². The molecule has 0 radical (unpaired) electrons. The van der Waals surface area contributed by atoms with Gasteiger partial charge in [0.2, 0.25) is 0 Å². The van der Waals surface area contributed by atoms with E-state index in [1.165, 1.54) is 0 Å². The van der Waals surface area contributed by atoms with Gasteiger partial charge >= 0.3 is 0 Å². The van der Waals surface area contributed by atoms with Gasteiger partial charge in [-0.25, -0.2) is 4.99 Å². The fourth-order valence-electron chi connectivity index (χ4n) is 2.27. The van der Waals surface area contributed by atoms with Crippen LogP contribution in [0.2, 0.25) is 5.02 Å². The molecule has 2 aromatic rings. The Bertz CT molecular complexity index is 753. The SMILES string of the molecule is COc1ccc(CN=C(N)NCC(C)Oc2cccc(Cl)c2)cc1OC. The van der Waals surface area contributed by atoms with E-state index in [9.17, 15) is 0 Å². The van der Waals surface area contributed by atoms with Crippen molar-refractivity contribution in [2.75, 3.05) is 20.8 Å². The van der Waals surface area contributed by atoms with Crippen LogP contribution in [-0.4, -0.2) is 32.8 Å². The van der Waals surface area contributed by atoms with Gasteiger partial charge in [0.1, 0.15) is 11.9 Å². The first-order chi connectivity index (χ1) is 12.5. The highest BCUT2D eigenvalue weighted by Gasteiger charge is 2.06. The Morgan fingerprint density at radius 2 is 1.92 bits per heavy atom. The van der Waals surface area contributed by atoms with Gasteiger partial charge < -0.3 is 25.3 Å². The molecule has 0 aliphatic carbocycles. The molecule has 140 valence electrons. The van der Waals surface area contributed by atoms with Gasteiger partial charge in [-0.3, -0.25) is 0 Å². The second-order valence-corrected chi connectivity index (χ2v) is 6.09. The second kappa shape index (κ2) is 9.77. The molecule has 0 spiro atoms. The largest absolute Gasteiger partial charge is 0.493 e. The number of methoxy groups -OCH3 is 2. The van der Waals surface area contributed by atoms with Gasteiger partial charge in [0.05, 0.1) is 27.3 Å². The second-order valence-electron chi connectivity index (χ2n) is 5.66. The molecule has 0 amide bonds. The number of rotatable bonds is 8. The molecular formula is C19H24ClN3O3. The molecule has 0 saturated heterocycles. The van der Waals surface area contributed by atoms with Crippen LogP contribution >= 0.6 is 11.6 Å². The minimum Gasteiger partial charge on any atom is -0.493 e. The first kappa shape index (κ1) is 19.7. The van der Waals surface area contributed by atoms with Crippen molar-refractivity contribution in [3.63, 3.8) is 0 Å². The molecule has 1 unspecified atom stereocenters. The summed E-state index contributed by atoms with van der Waals surface area (Å²) in [6.07, 6.45) is -0.0942. The highest BCUT2D eigenvalue weighted by atomic mass is 35.5. The van der Waals surface area contributed by atoms with Gasteiger partial charge in [0.15, 0.2) is 17.5 Å². The predicted octanol–water partition coefficient (Wildman–Crippen LogP) is 3.23. The van der Waals surface area contributed by atoms with E-state index < -0.39 is 0 Å². The standard InChI is InChI=1S/C19H24ClN3O3/c1-13(26-16-6-4-5-15(20)10-16)11-22-19(21)23-12-14-7-8-17(24-2)18(9-14)25-3/h4-10,13H,11-12H2,1-3H3,(H3,21,22,23). The van der Waals surface area contributed by atoms with Gasteiger partial charge in [-0.15, -0.1) is 0 Å². The zero-order valence-corrected chi connectivity index (χ0v) is 15.9. The lowest BCUT2D eigenvalue weighted by atomic mass is 10.2. The van der Waals surface area contributed by atoms with Crippen molar-refractivity contribution in [2.45, 2.75) is 19.6 Å². The number of aliphatic imine (C=N–C) groups is 1. The van der Waals surface area contributed by atoms with Crippen LogP contribution < -0.4 is 25.3 Å². The van der Waals surface area contributed by atoms with Crippen LogP contribution in [0.25, 0.3) is 0 Å². The molecule has 2 aromatic carbocycles. The zero-order chi connectivity index (χ0) is 18.9. The number of hydrogen-bond acceptors (Lipinski definition) is 4. The molecule has 0 aromatic heterocycles. The summed E-state index contributed by atoms with van der Waals surface area (Å²) in [6.45, 7) is 2.89. The summed E-state index contributed by atoms with van der Waals surface area (Å²) in [5, 5.41) is 3.69. The third-order valence-electron chi connectivity index (χ3n) is 3.58. The molecule has 6 nitrogen and oxygen atoms in total. The van der Waals surface area contributed by atoms with Crippen molar-refractivity contribution < 1.29 is 14.2 Å². The average molecular weight is 378 g/mol. The molecule has 7 heteroatoms. The van der Waals surface area contributed by atoms with E-state index in [-0.39, 0.29) is 6.10 Å². The van der Waals surface area contributed by atoms with Crippen molar-refractivity contribution in [3.8, 4) is 17.2 Å². The van der Waals surface area contributed by atoms with Crippen molar-refractivity contribution in [1.82, 2.24) is 5.32 Å². The molecule has 2 rings (SSSR count). The predicted molar refractivity (Wildman–Crippen MR) is 104 cm³/mol. The smallest absolute Gasteiger partial charge is 0.189 e. The number of nitrogens with zero attached hydrogens (tertiary/aromatic N) is 1. The summed E-state index contributed by atoms with van der Waals surface area (Å²) in [6, 6.07) is 12.9. The summed E-state index contributed by atoms with van der Waals surface area (Å²) in [4.78, 5) is 4.33. The van der Waals surface area contributed by atoms with Crippen LogP contribution in [0.15, 0.2) is 47.5 Å². The Balaban J connectivity index is 1.84. The van der Waals surface area contributed by atoms with Crippen LogP contribution in [0.1, 0.15) is 12.5 Å². The van der Waals surface area contributed by atoms with Gasteiger partial charge in [0, 0.05) is 5.02 Å². The van der Waals surface area contributed by atoms with E-state index in [1.807, 2.05) is 37.3 Å². The third kappa shape index (κ3) is 6.04. The molecular weight excluding hydrogens is 354 g/mol. The Labute approximate surface area is 158 Å². The number of nitrogens with two attached hydrogens (primary N) is 1. The topological polar surface area (TPSA) is 78.1 Å². The molecule has 0 saturated carbocycles. The highest BCUT2D eigenvalue weighted by Crippen LogP contribution is 2.27. The Morgan fingerprint density at radius 1 is 1.15 bits per heavy atom. The quantitative estimate of drug-likeness (QED) is 0.545. The molecule has 0 aliphatic rings. The van der Waals surface area contributed by atoms with E-state index in [0.717, 1.165) is 5.56 Å². The van der Waals surface area contributed by atoms with E-state index in [1.54, 1.807) is 26.4 Å². The van der Waals surface area contributed by atoms with Crippen molar-refractivity contribution in [3.05, 3.63) is 53.1 Å². The molecule has 0 bridgehead atoms. The van der Waals surface area contributed by atoms with Crippen LogP contribution in [-0.2, 0) is 6.54 Å². The van der Waals surface area contributed by atoms with Gasteiger partial charge in [0.25, 0.3) is 0 Å². The summed E-state index contributed by atoms with van der Waals surface area (Å²) < 4.78 is 16.3. The fraction of sp³-hybridized carbons (Fsp3) is 0.316. The zero-order valence-electron chi connectivity index (χ0n) is 15.2. The lowest BCUT2D eigenvalue weighted by Gasteiger charge is -2.16. The van der Waals surface area contributed by atoms with Crippen LogP contribution in [0.3, 0.4) is 0 Å². The summed E-state index contributed by atoms with van der Waals surface area (Å²) in [5.41, 5.74) is 6.89. The van der Waals surface area contributed by atoms with E-state index in [4.69, 9.17) is 31.5 Å². The molecule has 26 heavy (non-hydrogen) atoms. The molecule has 0 aliphatic heterocycles. The molecule has 3 N–H and O–H groups in total. The number of benzene rings is 2. The van der Waals surface area contributed by atoms with Crippen LogP contribution in [0.4, 0.5) is 0 Å². The lowest BCUT2D eigenvalue weighted by molar-refractivity contribution is 0.224. The lowest BCUT2D eigenvalue weighted by Crippen LogP contribution is -2.38. The van der Waals surface area contributed by atoms with E-state index >= 15 is 0 Å². The monoisotopic (exact) mass is 377 g/mol. The Morgan fingerprint density at radius 3 is 2.62 bits per heavy atom. The minimum atomic E-state index is -0.0942. The van der Waals surface area contributed by atoms with E-state index in [2.05, 4.69) is 10.3 Å². The van der Waals surface area contributed by atoms with Gasteiger partial charge in [-0.05, 0) is 42.8 Å². The van der Waals surface area contributed by atoms with Crippen molar-refractivity contribution in [2.24, 2.45) is 10.7 Å². The summed E-state index contributed by atoms with van der Waals surface area (Å²) in [7, 11) is 3.20. The number of hydrogen-bond donors (Lipinski definition) is 2. The molecule has 0 fully saturated rings. The van der Waals surface area contributed by atoms with Crippen molar-refractivity contribution in [1.29, 1.82) is 0 Å². The normalized spacial score (nSPS) is 12.4. The Kier molecular flexibility index (Phi) is 7.41. The minimum absolute atomic E-state index is 0.0942. The van der Waals surface area contributed by atoms with Crippen molar-refractivity contribution >= 4 is 17.6 Å². The number of ether oxygens (including phenoxy) is 3. The Hall–Kier alpha value is -2.60. The maximum absolute atomic E-state index is 5.94. The summed E-state index contributed by atoms with van der Waals surface area (Å²) in [5.74, 6) is 2.41. The first-order valence-electron chi connectivity index (χ1n) is 8.18. The van der Waals surface area contributed by atoms with Gasteiger partial charge in [-0.2, -0.15) is 0 Å². The molecule has 1 atom stereocenters. The number of halogens is 1. The summed E-state index contributed by atoms with van der Waals surface area (Å²) >= 11 is 5.94. The van der Waals surface area contributed by atoms with Crippen LogP contribution in [0.5, 0.6) is 17.2 Å². The number of guanidine groups is 1.